The molecule has 142 valence electrons. The molecule has 0 fully saturated rings. The highest BCUT2D eigenvalue weighted by molar-refractivity contribution is 6.26. The maximum Gasteiger partial charge on any atom is 0.244 e. The van der Waals surface area contributed by atoms with Crippen LogP contribution in [0, 0.1) is 0 Å². The van der Waals surface area contributed by atoms with Crippen molar-refractivity contribution in [2.75, 3.05) is 0 Å². The number of fused-ring (bicyclic) bond motifs is 3. The Balaban J connectivity index is 1.52. The van der Waals surface area contributed by atoms with Crippen LogP contribution in [0.5, 0.6) is 0 Å². The molecule has 1 aromatic heterocycles. The van der Waals surface area contributed by atoms with Gasteiger partial charge in [-0.05, 0) is 23.3 Å². The molecule has 0 saturated carbocycles. The van der Waals surface area contributed by atoms with Crippen LogP contribution in [0.4, 0.5) is 0 Å². The molecule has 0 saturated heterocycles. The summed E-state index contributed by atoms with van der Waals surface area (Å²) in [5.41, 5.74) is 3.23. The predicted molar refractivity (Wildman–Crippen MR) is 111 cm³/mol. The van der Waals surface area contributed by atoms with E-state index in [1.807, 2.05) is 46.7 Å². The molecule has 0 atom stereocenters. The fourth-order valence-electron chi connectivity index (χ4n) is 4.22. The first kappa shape index (κ1) is 17.6. The van der Waals surface area contributed by atoms with Gasteiger partial charge in [-0.25, -0.2) is 9.13 Å². The summed E-state index contributed by atoms with van der Waals surface area (Å²) in [5.74, 6) is -0.137. The Morgan fingerprint density at radius 2 is 1.52 bits per heavy atom. The van der Waals surface area contributed by atoms with E-state index in [4.69, 9.17) is 0 Å². The van der Waals surface area contributed by atoms with Crippen molar-refractivity contribution < 1.29 is 14.2 Å². The van der Waals surface area contributed by atoms with E-state index in [1.165, 1.54) is 16.3 Å². The first-order valence-electron chi connectivity index (χ1n) is 9.96. The van der Waals surface area contributed by atoms with E-state index in [2.05, 4.69) is 30.3 Å². The molecule has 0 unspecified atom stereocenters. The van der Waals surface area contributed by atoms with Gasteiger partial charge in [0.2, 0.25) is 29.3 Å². The molecule has 1 heterocycles. The highest BCUT2D eigenvalue weighted by Crippen LogP contribution is 2.26. The molecule has 4 nitrogen and oxygen atoms in total. The van der Waals surface area contributed by atoms with Gasteiger partial charge in [0.25, 0.3) is 0 Å². The lowest BCUT2D eigenvalue weighted by atomic mass is 9.90. The van der Waals surface area contributed by atoms with Crippen LogP contribution in [0.3, 0.4) is 0 Å². The molecule has 0 aliphatic heterocycles. The minimum atomic E-state index is -0.0686. The number of hydrogen-bond donors (Lipinski definition) is 0. The van der Waals surface area contributed by atoms with Gasteiger partial charge >= 0.3 is 0 Å². The third kappa shape index (κ3) is 2.80. The van der Waals surface area contributed by atoms with Crippen LogP contribution in [-0.4, -0.2) is 16.1 Å². The Morgan fingerprint density at radius 3 is 2.28 bits per heavy atom. The SMILES string of the molecule is CCn1c[n+](CCc2ccc3ccccc3c2)c2c1C(=O)c1ccccc1C2=O. The van der Waals surface area contributed by atoms with Crippen LogP contribution in [0.25, 0.3) is 10.8 Å². The molecule has 29 heavy (non-hydrogen) atoms. The lowest BCUT2D eigenvalue weighted by molar-refractivity contribution is -0.697. The number of aryl methyl sites for hydroxylation is 3. The Labute approximate surface area is 169 Å². The summed E-state index contributed by atoms with van der Waals surface area (Å²) in [7, 11) is 0. The molecular formula is C25H21N2O2+. The molecule has 4 heteroatoms. The maximum absolute atomic E-state index is 13.2. The van der Waals surface area contributed by atoms with E-state index in [1.54, 1.807) is 12.1 Å². The van der Waals surface area contributed by atoms with Crippen LogP contribution in [0.2, 0.25) is 0 Å². The molecule has 0 radical (unpaired) electrons. The topological polar surface area (TPSA) is 43.0 Å². The summed E-state index contributed by atoms with van der Waals surface area (Å²) in [6, 6.07) is 21.9. The number of nitrogens with zero attached hydrogens (tertiary/aromatic N) is 2. The summed E-state index contributed by atoms with van der Waals surface area (Å²) in [6.45, 7) is 3.29. The van der Waals surface area contributed by atoms with Gasteiger partial charge in [-0.3, -0.25) is 9.59 Å². The predicted octanol–water partition coefficient (Wildman–Crippen LogP) is 3.97. The number of aromatic nitrogens is 2. The molecule has 1 aliphatic carbocycles. The van der Waals surface area contributed by atoms with Crippen molar-refractivity contribution in [1.29, 1.82) is 0 Å². The number of carbonyl (C=O) groups is 2. The second-order valence-electron chi connectivity index (χ2n) is 7.43. The van der Waals surface area contributed by atoms with Crippen molar-refractivity contribution in [2.24, 2.45) is 0 Å². The quantitative estimate of drug-likeness (QED) is 0.442. The molecule has 0 N–H and O–H groups in total. The number of ketones is 2. The van der Waals surface area contributed by atoms with Crippen LogP contribution in [0.1, 0.15) is 44.6 Å². The molecule has 4 aromatic rings. The Hall–Kier alpha value is -3.53. The van der Waals surface area contributed by atoms with E-state index in [9.17, 15) is 9.59 Å². The van der Waals surface area contributed by atoms with Crippen molar-refractivity contribution >= 4 is 22.3 Å². The van der Waals surface area contributed by atoms with Crippen LogP contribution in [-0.2, 0) is 19.5 Å². The van der Waals surface area contributed by atoms with Gasteiger partial charge in [0.15, 0.2) is 0 Å². The van der Waals surface area contributed by atoms with Crippen molar-refractivity contribution in [3.05, 3.63) is 101 Å². The van der Waals surface area contributed by atoms with Crippen molar-refractivity contribution in [3.8, 4) is 0 Å². The van der Waals surface area contributed by atoms with Gasteiger partial charge in [0.05, 0.1) is 13.1 Å². The molecule has 0 bridgehead atoms. The van der Waals surface area contributed by atoms with E-state index < -0.39 is 0 Å². The van der Waals surface area contributed by atoms with Gasteiger partial charge in [0.1, 0.15) is 0 Å². The van der Waals surface area contributed by atoms with Crippen molar-refractivity contribution in [1.82, 2.24) is 4.57 Å². The number of benzene rings is 3. The van der Waals surface area contributed by atoms with Crippen LogP contribution in [0.15, 0.2) is 73.1 Å². The lowest BCUT2D eigenvalue weighted by Crippen LogP contribution is -2.41. The molecule has 0 amide bonds. The highest BCUT2D eigenvalue weighted by atomic mass is 16.1. The molecule has 3 aromatic carbocycles. The zero-order chi connectivity index (χ0) is 20.0. The van der Waals surface area contributed by atoms with E-state index >= 15 is 0 Å². The Bertz CT molecular complexity index is 1280. The van der Waals surface area contributed by atoms with Gasteiger partial charge in [-0.2, -0.15) is 0 Å². The third-order valence-corrected chi connectivity index (χ3v) is 5.72. The van der Waals surface area contributed by atoms with Crippen molar-refractivity contribution in [3.63, 3.8) is 0 Å². The Kier molecular flexibility index (Phi) is 4.13. The second kappa shape index (κ2) is 6.82. The van der Waals surface area contributed by atoms with Gasteiger partial charge in [-0.1, -0.05) is 66.7 Å². The van der Waals surface area contributed by atoms with Crippen LogP contribution >= 0.6 is 0 Å². The van der Waals surface area contributed by atoms with E-state index in [0.29, 0.717) is 35.6 Å². The fourth-order valence-corrected chi connectivity index (χ4v) is 4.22. The van der Waals surface area contributed by atoms with Gasteiger partial charge in [-0.15, -0.1) is 0 Å². The molecular weight excluding hydrogens is 360 g/mol. The normalized spacial score (nSPS) is 12.9. The van der Waals surface area contributed by atoms with Gasteiger partial charge in [0, 0.05) is 17.5 Å². The largest absolute Gasteiger partial charge is 0.284 e. The summed E-state index contributed by atoms with van der Waals surface area (Å²) < 4.78 is 3.84. The number of carbonyl (C=O) groups excluding carboxylic acids is 2. The summed E-state index contributed by atoms with van der Waals surface area (Å²) in [4.78, 5) is 26.3. The van der Waals surface area contributed by atoms with Crippen molar-refractivity contribution in [2.45, 2.75) is 26.4 Å². The fraction of sp³-hybridized carbons (Fsp3) is 0.160. The molecule has 5 rings (SSSR count). The standard InChI is InChI=1S/C25H21N2O2/c1-2-26-16-27(14-13-17-11-12-18-7-3-4-8-19(18)15-17)23-22(26)24(28)20-9-5-6-10-21(20)25(23)29/h3-12,15-16H,2,13-14H2,1H3/q+1. The van der Waals surface area contributed by atoms with Crippen LogP contribution < -0.4 is 4.57 Å². The summed E-state index contributed by atoms with van der Waals surface area (Å²) >= 11 is 0. The number of hydrogen-bond acceptors (Lipinski definition) is 2. The third-order valence-electron chi connectivity index (χ3n) is 5.72. The monoisotopic (exact) mass is 381 g/mol. The van der Waals surface area contributed by atoms with E-state index in [-0.39, 0.29) is 11.6 Å². The maximum atomic E-state index is 13.2. The minimum Gasteiger partial charge on any atom is -0.284 e. The first-order valence-corrected chi connectivity index (χ1v) is 9.96. The lowest BCUT2D eigenvalue weighted by Gasteiger charge is -2.12. The summed E-state index contributed by atoms with van der Waals surface area (Å²) in [6.07, 6.45) is 2.70. The molecule has 0 spiro atoms. The summed E-state index contributed by atoms with van der Waals surface area (Å²) in [5, 5.41) is 2.43. The zero-order valence-corrected chi connectivity index (χ0v) is 16.3. The highest BCUT2D eigenvalue weighted by Gasteiger charge is 2.40. The minimum absolute atomic E-state index is 0.0681. The first-order chi connectivity index (χ1) is 14.2. The average Bonchev–Trinajstić information content (AvgIpc) is 3.15. The second-order valence-corrected chi connectivity index (χ2v) is 7.43. The van der Waals surface area contributed by atoms with Gasteiger partial charge < -0.3 is 0 Å². The zero-order valence-electron chi connectivity index (χ0n) is 16.3. The smallest absolute Gasteiger partial charge is 0.244 e. The number of imidazole rings is 1. The number of rotatable bonds is 4. The Morgan fingerprint density at radius 1 is 0.828 bits per heavy atom. The average molecular weight is 381 g/mol. The van der Waals surface area contributed by atoms with E-state index in [0.717, 1.165) is 6.42 Å². The molecule has 1 aliphatic rings.